The van der Waals surface area contributed by atoms with Crippen molar-refractivity contribution in [3.63, 3.8) is 0 Å². The maximum absolute atomic E-state index is 9.56. The van der Waals surface area contributed by atoms with Gasteiger partial charge in [0.25, 0.3) is 0 Å². The van der Waals surface area contributed by atoms with Crippen LogP contribution >= 0.6 is 0 Å². The van der Waals surface area contributed by atoms with Gasteiger partial charge in [-0.3, -0.25) is 0 Å². The van der Waals surface area contributed by atoms with Gasteiger partial charge in [-0.25, -0.2) is 0 Å². The highest BCUT2D eigenvalue weighted by atomic mass is 32.2. The predicted molar refractivity (Wildman–Crippen MR) is 48.9 cm³/mol. The Morgan fingerprint density at radius 1 is 0.909 bits per heavy atom. The van der Waals surface area contributed by atoms with E-state index in [-0.39, 0.29) is 0 Å². The van der Waals surface area contributed by atoms with E-state index in [0.717, 1.165) is 0 Å². The van der Waals surface area contributed by atoms with Crippen molar-refractivity contribution < 1.29 is 17.5 Å². The molecule has 11 heavy (non-hydrogen) atoms. The zero-order chi connectivity index (χ0) is 9.86. The van der Waals surface area contributed by atoms with Crippen LogP contribution in [0.5, 0.6) is 0 Å². The van der Waals surface area contributed by atoms with Gasteiger partial charge in [-0.15, -0.1) is 0 Å². The third kappa shape index (κ3) is 3840. The zero-order valence-corrected chi connectivity index (χ0v) is 9.31. The van der Waals surface area contributed by atoms with E-state index in [1.165, 1.54) is 0 Å². The van der Waals surface area contributed by atoms with E-state index in [1.807, 2.05) is 0 Å². The molecule has 0 atom stereocenters. The molecule has 0 fully saturated rings. The fraction of sp³-hybridized carbons (Fsp3) is 1.00. The Morgan fingerprint density at radius 2 is 0.909 bits per heavy atom. The zero-order valence-electron chi connectivity index (χ0n) is 6.86. The largest absolute Gasteiger partial charge is 0.617 e. The van der Waals surface area contributed by atoms with Crippen molar-refractivity contribution in [1.82, 2.24) is 0 Å². The minimum absolute atomic E-state index is 0.611. The molecule has 0 aromatic carbocycles. The van der Waals surface area contributed by atoms with E-state index in [0.29, 0.717) is 0 Å². The summed E-state index contributed by atoms with van der Waals surface area (Å²) in [5, 5.41) is 0. The lowest BCUT2D eigenvalue weighted by atomic mass is 11.9. The lowest BCUT2D eigenvalue weighted by Crippen LogP contribution is -1.86. The summed E-state index contributed by atoms with van der Waals surface area (Å²) in [6, 6.07) is 0. The van der Waals surface area contributed by atoms with Crippen LogP contribution in [0.1, 0.15) is 0 Å². The minimum Gasteiger partial charge on any atom is -0.617 e. The molecule has 0 aromatic rings. The lowest BCUT2D eigenvalue weighted by molar-refractivity contribution is 0.605. The van der Waals surface area contributed by atoms with Crippen molar-refractivity contribution in [1.29, 1.82) is 0 Å². The Bertz CT molecular complexity index is 77.8. The van der Waals surface area contributed by atoms with E-state index < -0.39 is 33.9 Å². The topological polar surface area (TPSA) is 80.3 Å². The summed E-state index contributed by atoms with van der Waals surface area (Å²) in [6.45, 7) is 0. The Morgan fingerprint density at radius 3 is 0.909 bits per heavy atom. The quantitative estimate of drug-likeness (QED) is 0.507. The average molecular weight is 220 g/mol. The van der Waals surface area contributed by atoms with Gasteiger partial charge < -0.3 is 9.11 Å². The minimum atomic E-state index is -0.750. The molecule has 0 aliphatic rings. The van der Waals surface area contributed by atoms with Crippen molar-refractivity contribution >= 4 is 33.9 Å². The molecule has 0 aliphatic carbocycles. The molecule has 0 spiro atoms. The first-order valence-electron chi connectivity index (χ1n) is 2.30. The maximum atomic E-state index is 9.56. The molecule has 7 heteroatoms. The Labute approximate surface area is 76.7 Å². The lowest BCUT2D eigenvalue weighted by Gasteiger charge is -1.87. The Balaban J connectivity index is -0.0000000886. The highest BCUT2D eigenvalue weighted by Crippen LogP contribution is 1.62. The molecule has 0 unspecified atom stereocenters. The molecule has 0 saturated carbocycles. The van der Waals surface area contributed by atoms with Gasteiger partial charge in [0.2, 0.25) is 0 Å². The van der Waals surface area contributed by atoms with Crippen molar-refractivity contribution in [3.8, 4) is 0 Å². The second-order valence-electron chi connectivity index (χ2n) is 1.55. The molecule has 0 aromatic heterocycles. The molecule has 0 amide bonds. The van der Waals surface area contributed by atoms with Crippen LogP contribution in [0.25, 0.3) is 0 Å². The summed E-state index contributed by atoms with van der Waals surface area (Å²) in [4.78, 5) is 0. The van der Waals surface area contributed by atoms with Crippen LogP contribution in [0, 0.1) is 0 Å². The van der Waals surface area contributed by atoms with Gasteiger partial charge >= 0.3 is 11.6 Å². The van der Waals surface area contributed by atoms with E-state index in [2.05, 4.69) is 0 Å². The first-order chi connectivity index (χ1) is 4.88. The number of hydrogen-bond acceptors (Lipinski definition) is 4. The predicted octanol–water partition coefficient (Wildman–Crippen LogP) is -0.681. The molecule has 4 nitrogen and oxygen atoms in total. The molecule has 0 N–H and O–H groups in total. The first kappa shape index (κ1) is 17.5. The third-order valence-electron chi connectivity index (χ3n) is 0. The molecular weight excluding hydrogens is 208 g/mol. The van der Waals surface area contributed by atoms with E-state index in [9.17, 15) is 9.11 Å². The summed E-state index contributed by atoms with van der Waals surface area (Å²) >= 11 is -1.97. The maximum Gasteiger partial charge on any atom is 0.335 e. The molecular formula is C4H12O4S3. The van der Waals surface area contributed by atoms with Crippen LogP contribution in [-0.4, -0.2) is 42.5 Å². The molecule has 0 bridgehead atoms. The summed E-state index contributed by atoms with van der Waals surface area (Å²) in [6.07, 6.45) is 6.56. The van der Waals surface area contributed by atoms with Crippen molar-refractivity contribution in [2.75, 3.05) is 25.0 Å². The van der Waals surface area contributed by atoms with Crippen LogP contribution in [-0.2, 0) is 33.9 Å². The molecule has 0 saturated heterocycles. The van der Waals surface area contributed by atoms with Gasteiger partial charge in [0.1, 0.15) is 0 Å². The second-order valence-corrected chi connectivity index (χ2v) is 4.65. The molecule has 0 rings (SSSR count). The Hall–Kier alpha value is 0.440. The SMILES string of the molecule is C[S+](C)[O-].C[S+](C)[O-].O=S=O. The third-order valence-corrected chi connectivity index (χ3v) is 0. The second kappa shape index (κ2) is 16.8. The van der Waals surface area contributed by atoms with E-state index >= 15 is 0 Å². The molecule has 0 radical (unpaired) electrons. The summed E-state index contributed by atoms with van der Waals surface area (Å²) in [7, 11) is 0. The molecule has 0 aliphatic heterocycles. The van der Waals surface area contributed by atoms with Gasteiger partial charge in [0.15, 0.2) is 0 Å². The number of hydrogen-bond donors (Lipinski definition) is 0. The fourth-order valence-corrected chi connectivity index (χ4v) is 0. The molecule has 0 heterocycles. The monoisotopic (exact) mass is 220 g/mol. The van der Waals surface area contributed by atoms with Crippen LogP contribution in [0.4, 0.5) is 0 Å². The first-order valence-corrected chi connectivity index (χ1v) is 6.90. The highest BCUT2D eigenvalue weighted by molar-refractivity contribution is 7.90. The van der Waals surface area contributed by atoms with Crippen LogP contribution < -0.4 is 0 Å². The highest BCUT2D eigenvalue weighted by Gasteiger charge is 1.66. The van der Waals surface area contributed by atoms with Crippen LogP contribution in [0.2, 0.25) is 0 Å². The van der Waals surface area contributed by atoms with E-state index in [4.69, 9.17) is 8.42 Å². The van der Waals surface area contributed by atoms with Crippen molar-refractivity contribution in [3.05, 3.63) is 0 Å². The average Bonchev–Trinajstić information content (AvgIpc) is 1.60. The Kier molecular flexibility index (Phi) is 26.7. The fourth-order valence-electron chi connectivity index (χ4n) is 0. The van der Waals surface area contributed by atoms with Crippen molar-refractivity contribution in [2.45, 2.75) is 0 Å². The van der Waals surface area contributed by atoms with Gasteiger partial charge in [-0.1, -0.05) is 22.4 Å². The van der Waals surface area contributed by atoms with Gasteiger partial charge in [0.05, 0.1) is 25.0 Å². The summed E-state index contributed by atoms with van der Waals surface area (Å²) in [5.41, 5.74) is 0. The summed E-state index contributed by atoms with van der Waals surface area (Å²) < 4.78 is 35.7. The smallest absolute Gasteiger partial charge is 0.335 e. The normalized spacial score (nSPS) is 7.64. The van der Waals surface area contributed by atoms with Crippen LogP contribution in [0.3, 0.4) is 0 Å². The van der Waals surface area contributed by atoms with Gasteiger partial charge in [-0.05, 0) is 0 Å². The standard InChI is InChI=1S/2C2H6OS.O2S/c2*1-4(2)3;1-3-2/h2*1-2H3;. The van der Waals surface area contributed by atoms with Gasteiger partial charge in [-0.2, -0.15) is 8.42 Å². The summed E-state index contributed by atoms with van der Waals surface area (Å²) in [5.74, 6) is 0. The molecule has 70 valence electrons. The van der Waals surface area contributed by atoms with Crippen LogP contribution in [0.15, 0.2) is 0 Å². The van der Waals surface area contributed by atoms with E-state index in [1.54, 1.807) is 25.0 Å². The van der Waals surface area contributed by atoms with Crippen molar-refractivity contribution in [2.24, 2.45) is 0 Å². The number of rotatable bonds is 0. The van der Waals surface area contributed by atoms with Gasteiger partial charge in [0, 0.05) is 0 Å².